The molecule has 1 rings (SSSR count). The van der Waals surface area contributed by atoms with Gasteiger partial charge in [0, 0.05) is 18.1 Å². The number of ether oxygens (including phenoxy) is 1. The number of methoxy groups -OCH3 is 1. The zero-order valence-corrected chi connectivity index (χ0v) is 10.3. The number of nitrogens with two attached hydrogens (primary N) is 1. The average molecular weight is 259 g/mol. The van der Waals surface area contributed by atoms with Crippen LogP contribution in [0.3, 0.4) is 0 Å². The first-order valence-electron chi connectivity index (χ1n) is 5.08. The Hall–Kier alpha value is -1.46. The first-order chi connectivity index (χ1) is 8.08. The van der Waals surface area contributed by atoms with Gasteiger partial charge in [-0.1, -0.05) is 11.6 Å². The van der Waals surface area contributed by atoms with Gasteiger partial charge in [0.25, 0.3) is 0 Å². The van der Waals surface area contributed by atoms with Gasteiger partial charge in [-0.3, -0.25) is 4.79 Å². The molecule has 0 heterocycles. The van der Waals surface area contributed by atoms with Crippen molar-refractivity contribution >= 4 is 23.3 Å². The lowest BCUT2D eigenvalue weighted by Crippen LogP contribution is -2.34. The van der Waals surface area contributed by atoms with Crippen molar-refractivity contribution in [2.24, 2.45) is 5.73 Å². The van der Waals surface area contributed by atoms with Gasteiger partial charge in [-0.15, -0.1) is 0 Å². The number of carboxylic acids is 1. The molecule has 0 bridgehead atoms. The first-order valence-corrected chi connectivity index (χ1v) is 5.46. The molecule has 1 aromatic carbocycles. The molecule has 17 heavy (non-hydrogen) atoms. The lowest BCUT2D eigenvalue weighted by Gasteiger charge is -2.24. The highest BCUT2D eigenvalue weighted by Gasteiger charge is 2.14. The Bertz CT molecular complexity index is 398. The lowest BCUT2D eigenvalue weighted by atomic mass is 10.2. The van der Waals surface area contributed by atoms with Crippen molar-refractivity contribution in [3.8, 4) is 5.75 Å². The maximum Gasteiger partial charge on any atom is 0.323 e. The molecule has 0 amide bonds. The molecule has 0 aliphatic carbocycles. The number of anilines is 1. The van der Waals surface area contributed by atoms with Crippen LogP contribution in [0.5, 0.6) is 5.75 Å². The van der Waals surface area contributed by atoms with E-state index in [1.807, 2.05) is 0 Å². The van der Waals surface area contributed by atoms with E-state index in [0.29, 0.717) is 29.5 Å². The second-order valence-corrected chi connectivity index (χ2v) is 3.86. The van der Waals surface area contributed by atoms with Crippen LogP contribution in [0.2, 0.25) is 5.02 Å². The molecule has 94 valence electrons. The summed E-state index contributed by atoms with van der Waals surface area (Å²) in [6, 6.07) is 5.05. The number of rotatable bonds is 6. The van der Waals surface area contributed by atoms with Crippen molar-refractivity contribution in [1.29, 1.82) is 0 Å². The zero-order valence-electron chi connectivity index (χ0n) is 9.52. The van der Waals surface area contributed by atoms with Crippen LogP contribution in [0.25, 0.3) is 0 Å². The van der Waals surface area contributed by atoms with Gasteiger partial charge in [0.1, 0.15) is 12.3 Å². The maximum absolute atomic E-state index is 10.8. The Morgan fingerprint density at radius 2 is 2.29 bits per heavy atom. The van der Waals surface area contributed by atoms with Gasteiger partial charge >= 0.3 is 5.97 Å². The quantitative estimate of drug-likeness (QED) is 0.802. The van der Waals surface area contributed by atoms with Crippen LogP contribution in [0.4, 0.5) is 5.69 Å². The Labute approximate surface area is 105 Å². The molecule has 0 saturated heterocycles. The summed E-state index contributed by atoms with van der Waals surface area (Å²) in [6.07, 6.45) is 0. The molecule has 5 nitrogen and oxygen atoms in total. The fourth-order valence-electron chi connectivity index (χ4n) is 1.51. The van der Waals surface area contributed by atoms with Gasteiger partial charge in [0.15, 0.2) is 0 Å². The first kappa shape index (κ1) is 13.6. The summed E-state index contributed by atoms with van der Waals surface area (Å²) >= 11 is 5.89. The summed E-state index contributed by atoms with van der Waals surface area (Å²) in [5.41, 5.74) is 6.10. The smallest absolute Gasteiger partial charge is 0.323 e. The maximum atomic E-state index is 10.8. The number of hydrogen-bond donors (Lipinski definition) is 2. The third-order valence-corrected chi connectivity index (χ3v) is 2.44. The second kappa shape index (κ2) is 6.32. The highest BCUT2D eigenvalue weighted by Crippen LogP contribution is 2.30. The van der Waals surface area contributed by atoms with E-state index in [4.69, 9.17) is 27.2 Å². The van der Waals surface area contributed by atoms with Crippen molar-refractivity contribution in [2.45, 2.75) is 0 Å². The molecule has 6 heteroatoms. The number of carbonyl (C=O) groups is 1. The SMILES string of the molecule is COc1ccc(Cl)cc1N(CCN)CC(=O)O. The minimum atomic E-state index is -0.930. The molecular formula is C11H15ClN2O3. The van der Waals surface area contributed by atoms with E-state index in [2.05, 4.69) is 0 Å². The minimum absolute atomic E-state index is 0.145. The lowest BCUT2D eigenvalue weighted by molar-refractivity contribution is -0.135. The van der Waals surface area contributed by atoms with Crippen LogP contribution >= 0.6 is 11.6 Å². The fraction of sp³-hybridized carbons (Fsp3) is 0.364. The number of halogens is 1. The molecule has 0 fully saturated rings. The van der Waals surface area contributed by atoms with Crippen LogP contribution in [-0.4, -0.2) is 37.8 Å². The summed E-state index contributed by atoms with van der Waals surface area (Å²) in [6.45, 7) is 0.625. The number of benzene rings is 1. The van der Waals surface area contributed by atoms with Crippen molar-refractivity contribution < 1.29 is 14.6 Å². The summed E-state index contributed by atoms with van der Waals surface area (Å²) in [7, 11) is 1.52. The molecule has 0 radical (unpaired) electrons. The van der Waals surface area contributed by atoms with Crippen molar-refractivity contribution in [2.75, 3.05) is 31.6 Å². The van der Waals surface area contributed by atoms with Crippen LogP contribution in [-0.2, 0) is 4.79 Å². The van der Waals surface area contributed by atoms with E-state index in [1.54, 1.807) is 23.1 Å². The van der Waals surface area contributed by atoms with Gasteiger partial charge in [-0.05, 0) is 18.2 Å². The highest BCUT2D eigenvalue weighted by atomic mass is 35.5. The van der Waals surface area contributed by atoms with E-state index in [0.717, 1.165) is 0 Å². The van der Waals surface area contributed by atoms with Crippen molar-refractivity contribution in [3.63, 3.8) is 0 Å². The zero-order chi connectivity index (χ0) is 12.8. The van der Waals surface area contributed by atoms with E-state index in [-0.39, 0.29) is 6.54 Å². The summed E-state index contributed by atoms with van der Waals surface area (Å²) in [5.74, 6) is -0.357. The minimum Gasteiger partial charge on any atom is -0.495 e. The van der Waals surface area contributed by atoms with Gasteiger partial charge in [-0.2, -0.15) is 0 Å². The number of aliphatic carboxylic acids is 1. The van der Waals surface area contributed by atoms with Gasteiger partial charge < -0.3 is 20.5 Å². The monoisotopic (exact) mass is 258 g/mol. The molecule has 0 unspecified atom stereocenters. The van der Waals surface area contributed by atoms with Crippen LogP contribution in [0.1, 0.15) is 0 Å². The Morgan fingerprint density at radius 3 is 2.82 bits per heavy atom. The number of nitrogens with zero attached hydrogens (tertiary/aromatic N) is 1. The average Bonchev–Trinajstić information content (AvgIpc) is 2.28. The summed E-state index contributed by atoms with van der Waals surface area (Å²) < 4.78 is 5.18. The predicted octanol–water partition coefficient (Wildman–Crippen LogP) is 1.20. The van der Waals surface area contributed by atoms with Gasteiger partial charge in [-0.25, -0.2) is 0 Å². The van der Waals surface area contributed by atoms with E-state index < -0.39 is 5.97 Å². The Morgan fingerprint density at radius 1 is 1.59 bits per heavy atom. The molecule has 1 aromatic rings. The Balaban J connectivity index is 3.06. The van der Waals surface area contributed by atoms with Crippen LogP contribution in [0, 0.1) is 0 Å². The summed E-state index contributed by atoms with van der Waals surface area (Å²) in [5, 5.41) is 9.37. The number of hydrogen-bond acceptors (Lipinski definition) is 4. The van der Waals surface area contributed by atoms with Gasteiger partial charge in [0.05, 0.1) is 12.8 Å². The molecule has 0 aliphatic rings. The topological polar surface area (TPSA) is 75.8 Å². The van der Waals surface area contributed by atoms with E-state index in [9.17, 15) is 4.79 Å². The van der Waals surface area contributed by atoms with Gasteiger partial charge in [0.2, 0.25) is 0 Å². The van der Waals surface area contributed by atoms with Crippen molar-refractivity contribution in [1.82, 2.24) is 0 Å². The molecular weight excluding hydrogens is 244 g/mol. The number of carboxylic acid groups (broad SMARTS) is 1. The standard InChI is InChI=1S/C11H15ClN2O3/c1-17-10-3-2-8(12)6-9(10)14(5-4-13)7-11(15)16/h2-3,6H,4-5,7,13H2,1H3,(H,15,16). The summed E-state index contributed by atoms with van der Waals surface area (Å²) in [4.78, 5) is 12.4. The second-order valence-electron chi connectivity index (χ2n) is 3.42. The molecule has 0 aromatic heterocycles. The molecule has 0 atom stereocenters. The van der Waals surface area contributed by atoms with Crippen LogP contribution < -0.4 is 15.4 Å². The van der Waals surface area contributed by atoms with Crippen LogP contribution in [0.15, 0.2) is 18.2 Å². The third kappa shape index (κ3) is 3.80. The normalized spacial score (nSPS) is 10.1. The molecule has 3 N–H and O–H groups in total. The van der Waals surface area contributed by atoms with E-state index >= 15 is 0 Å². The van der Waals surface area contributed by atoms with Crippen molar-refractivity contribution in [3.05, 3.63) is 23.2 Å². The molecule has 0 spiro atoms. The third-order valence-electron chi connectivity index (χ3n) is 2.21. The molecule has 0 aliphatic heterocycles. The Kier molecular flexibility index (Phi) is 5.06. The van der Waals surface area contributed by atoms with E-state index in [1.165, 1.54) is 7.11 Å². The largest absolute Gasteiger partial charge is 0.495 e. The fourth-order valence-corrected chi connectivity index (χ4v) is 1.68. The highest BCUT2D eigenvalue weighted by molar-refractivity contribution is 6.30. The predicted molar refractivity (Wildman–Crippen MR) is 66.9 cm³/mol. The molecule has 0 saturated carbocycles.